The Labute approximate surface area is 110 Å². The van der Waals surface area contributed by atoms with Crippen LogP contribution in [0.4, 0.5) is 4.39 Å². The Balaban J connectivity index is 3.25. The van der Waals surface area contributed by atoms with Gasteiger partial charge in [-0.2, -0.15) is 9.57 Å². The zero-order valence-corrected chi connectivity index (χ0v) is 11.2. The normalized spacial score (nSPS) is 11.1. The molecule has 0 aromatic heterocycles. The van der Waals surface area contributed by atoms with Crippen molar-refractivity contribution in [2.45, 2.75) is 4.90 Å². The highest BCUT2D eigenvalue weighted by atomic mass is 32.2. The Morgan fingerprint density at radius 3 is 2.68 bits per heavy atom. The van der Waals surface area contributed by atoms with Gasteiger partial charge in [-0.05, 0) is 12.1 Å². The van der Waals surface area contributed by atoms with Crippen LogP contribution in [0.2, 0.25) is 0 Å². The molecular weight excluding hydrogens is 273 g/mol. The van der Waals surface area contributed by atoms with Crippen LogP contribution in [-0.4, -0.2) is 39.3 Å². The minimum Gasteiger partial charge on any atom is -0.358 e. The summed E-state index contributed by atoms with van der Waals surface area (Å²) in [6, 6.07) is 4.82. The van der Waals surface area contributed by atoms with Crippen LogP contribution < -0.4 is 5.32 Å². The van der Waals surface area contributed by atoms with Crippen molar-refractivity contribution >= 4 is 15.9 Å². The lowest BCUT2D eigenvalue weighted by molar-refractivity contribution is -0.120. The third-order valence-electron chi connectivity index (χ3n) is 2.42. The van der Waals surface area contributed by atoms with E-state index in [1.807, 2.05) is 0 Å². The summed E-state index contributed by atoms with van der Waals surface area (Å²) in [4.78, 5) is 10.7. The second kappa shape index (κ2) is 5.77. The lowest BCUT2D eigenvalue weighted by Crippen LogP contribution is -2.37. The van der Waals surface area contributed by atoms with Gasteiger partial charge in [0.15, 0.2) is 0 Å². The largest absolute Gasteiger partial charge is 0.358 e. The zero-order chi connectivity index (χ0) is 14.6. The van der Waals surface area contributed by atoms with E-state index in [2.05, 4.69) is 5.32 Å². The summed E-state index contributed by atoms with van der Waals surface area (Å²) in [5, 5.41) is 11.1. The first-order chi connectivity index (χ1) is 8.84. The average Bonchev–Trinajstić information content (AvgIpc) is 2.37. The number of sulfonamides is 1. The monoisotopic (exact) mass is 285 g/mol. The van der Waals surface area contributed by atoms with Crippen LogP contribution in [0.25, 0.3) is 0 Å². The molecule has 1 amide bonds. The van der Waals surface area contributed by atoms with E-state index in [0.29, 0.717) is 0 Å². The molecular formula is C11H12FN3O3S. The summed E-state index contributed by atoms with van der Waals surface area (Å²) in [6.07, 6.45) is 0. The maximum Gasteiger partial charge on any atom is 0.244 e. The molecule has 102 valence electrons. The molecule has 0 aliphatic rings. The Morgan fingerprint density at radius 2 is 2.16 bits per heavy atom. The summed E-state index contributed by atoms with van der Waals surface area (Å²) in [5.74, 6) is -1.43. The van der Waals surface area contributed by atoms with Crippen molar-refractivity contribution < 1.29 is 17.6 Å². The molecule has 0 saturated heterocycles. The molecule has 0 aliphatic heterocycles. The highest BCUT2D eigenvalue weighted by molar-refractivity contribution is 7.89. The number of carbonyl (C=O) groups excluding carboxylic acids is 1. The Kier molecular flexibility index (Phi) is 4.58. The van der Waals surface area contributed by atoms with Crippen molar-refractivity contribution in [2.24, 2.45) is 0 Å². The van der Waals surface area contributed by atoms with Gasteiger partial charge in [-0.3, -0.25) is 4.79 Å². The number of benzene rings is 1. The van der Waals surface area contributed by atoms with E-state index in [0.717, 1.165) is 16.4 Å². The number of hydrogen-bond donors (Lipinski definition) is 1. The maximum absolute atomic E-state index is 13.4. The summed E-state index contributed by atoms with van der Waals surface area (Å²) >= 11 is 0. The molecule has 0 unspecified atom stereocenters. The summed E-state index contributed by atoms with van der Waals surface area (Å²) in [6.45, 7) is -0.416. The quantitative estimate of drug-likeness (QED) is 0.847. The molecule has 1 N–H and O–H groups in total. The molecule has 0 heterocycles. The number of rotatable bonds is 4. The van der Waals surface area contributed by atoms with Crippen LogP contribution in [0.1, 0.15) is 5.56 Å². The first kappa shape index (κ1) is 15.1. The number of halogens is 1. The predicted octanol–water partition coefficient (Wildman–Crippen LogP) is 0.0639. The molecule has 6 nitrogen and oxygen atoms in total. The van der Waals surface area contributed by atoms with E-state index in [1.54, 1.807) is 0 Å². The van der Waals surface area contributed by atoms with Gasteiger partial charge < -0.3 is 5.32 Å². The van der Waals surface area contributed by atoms with Crippen LogP contribution in [0, 0.1) is 17.1 Å². The lowest BCUT2D eigenvalue weighted by atomic mass is 10.2. The van der Waals surface area contributed by atoms with Gasteiger partial charge in [0.05, 0.1) is 6.54 Å². The third kappa shape index (κ3) is 3.07. The fourth-order valence-electron chi connectivity index (χ4n) is 1.36. The van der Waals surface area contributed by atoms with Crippen molar-refractivity contribution in [2.75, 3.05) is 20.6 Å². The van der Waals surface area contributed by atoms with Crippen LogP contribution in [-0.2, 0) is 14.8 Å². The molecule has 0 radical (unpaired) electrons. The Hall–Kier alpha value is -1.98. The molecule has 0 atom stereocenters. The molecule has 0 fully saturated rings. The average molecular weight is 285 g/mol. The SMILES string of the molecule is CNC(=O)CN(C)S(=O)(=O)c1cccc(F)c1C#N. The number of nitrogens with zero attached hydrogens (tertiary/aromatic N) is 2. The van der Waals surface area contributed by atoms with Crippen molar-refractivity contribution in [1.29, 1.82) is 5.26 Å². The topological polar surface area (TPSA) is 90.3 Å². The van der Waals surface area contributed by atoms with Crippen LogP contribution in [0.5, 0.6) is 0 Å². The number of nitriles is 1. The van der Waals surface area contributed by atoms with Crippen molar-refractivity contribution in [1.82, 2.24) is 9.62 Å². The minimum atomic E-state index is -4.10. The Morgan fingerprint density at radius 1 is 1.53 bits per heavy atom. The highest BCUT2D eigenvalue weighted by Gasteiger charge is 2.26. The lowest BCUT2D eigenvalue weighted by Gasteiger charge is -2.17. The van der Waals surface area contributed by atoms with Gasteiger partial charge in [0.1, 0.15) is 22.3 Å². The zero-order valence-electron chi connectivity index (χ0n) is 10.3. The van der Waals surface area contributed by atoms with Gasteiger partial charge in [0.2, 0.25) is 15.9 Å². The third-order valence-corrected chi connectivity index (χ3v) is 4.27. The smallest absolute Gasteiger partial charge is 0.244 e. The maximum atomic E-state index is 13.4. The molecule has 19 heavy (non-hydrogen) atoms. The van der Waals surface area contributed by atoms with Gasteiger partial charge in [0.25, 0.3) is 0 Å². The van der Waals surface area contributed by atoms with E-state index in [1.165, 1.54) is 26.2 Å². The van der Waals surface area contributed by atoms with Crippen molar-refractivity contribution in [3.05, 3.63) is 29.6 Å². The highest BCUT2D eigenvalue weighted by Crippen LogP contribution is 2.20. The van der Waals surface area contributed by atoms with Gasteiger partial charge in [-0.15, -0.1) is 0 Å². The summed E-state index contributed by atoms with van der Waals surface area (Å²) < 4.78 is 38.4. The second-order valence-electron chi connectivity index (χ2n) is 3.66. The molecule has 0 saturated carbocycles. The fraction of sp³-hybridized carbons (Fsp3) is 0.273. The number of carbonyl (C=O) groups is 1. The summed E-state index contributed by atoms with van der Waals surface area (Å²) in [7, 11) is -1.56. The van der Waals surface area contributed by atoms with Crippen LogP contribution in [0.3, 0.4) is 0 Å². The van der Waals surface area contributed by atoms with E-state index >= 15 is 0 Å². The van der Waals surface area contributed by atoms with Crippen LogP contribution in [0.15, 0.2) is 23.1 Å². The first-order valence-electron chi connectivity index (χ1n) is 5.20. The molecule has 1 aromatic carbocycles. The Bertz CT molecular complexity index is 637. The molecule has 0 spiro atoms. The van der Waals surface area contributed by atoms with Crippen molar-refractivity contribution in [3.8, 4) is 6.07 Å². The van der Waals surface area contributed by atoms with Gasteiger partial charge in [0, 0.05) is 14.1 Å². The molecule has 0 bridgehead atoms. The first-order valence-corrected chi connectivity index (χ1v) is 6.64. The standard InChI is InChI=1S/C11H12FN3O3S/c1-14-11(16)7-15(2)19(17,18)10-5-3-4-9(12)8(10)6-13/h3-5H,7H2,1-2H3,(H,14,16). The van der Waals surface area contributed by atoms with E-state index in [9.17, 15) is 17.6 Å². The number of likely N-dealkylation sites (N-methyl/N-ethyl adjacent to an activating group) is 2. The van der Waals surface area contributed by atoms with E-state index < -0.39 is 38.8 Å². The number of hydrogen-bond acceptors (Lipinski definition) is 4. The van der Waals surface area contributed by atoms with Gasteiger partial charge in [-0.25, -0.2) is 12.8 Å². The molecule has 1 aromatic rings. The van der Waals surface area contributed by atoms with Gasteiger partial charge >= 0.3 is 0 Å². The fourth-order valence-corrected chi connectivity index (χ4v) is 2.64. The van der Waals surface area contributed by atoms with E-state index in [-0.39, 0.29) is 0 Å². The molecule has 8 heteroatoms. The van der Waals surface area contributed by atoms with Crippen molar-refractivity contribution in [3.63, 3.8) is 0 Å². The predicted molar refractivity (Wildman–Crippen MR) is 65.0 cm³/mol. The molecule has 1 rings (SSSR count). The number of nitrogens with one attached hydrogen (secondary N) is 1. The minimum absolute atomic E-state index is 0.416. The van der Waals surface area contributed by atoms with Crippen LogP contribution >= 0.6 is 0 Å². The van der Waals surface area contributed by atoms with Gasteiger partial charge in [-0.1, -0.05) is 6.07 Å². The summed E-state index contributed by atoms with van der Waals surface area (Å²) in [5.41, 5.74) is -0.564. The number of amides is 1. The second-order valence-corrected chi connectivity index (χ2v) is 5.67. The van der Waals surface area contributed by atoms with E-state index in [4.69, 9.17) is 5.26 Å². The molecule has 0 aliphatic carbocycles.